The van der Waals surface area contributed by atoms with Crippen LogP contribution in [0.3, 0.4) is 0 Å². The Kier molecular flexibility index (Phi) is 3.08. The number of nitrogens with zero attached hydrogens (tertiary/aromatic N) is 1. The third-order valence-corrected chi connectivity index (χ3v) is 1.75. The predicted octanol–water partition coefficient (Wildman–Crippen LogP) is 1.41. The van der Waals surface area contributed by atoms with Crippen LogP contribution in [0.1, 0.15) is 13.8 Å². The van der Waals surface area contributed by atoms with Gasteiger partial charge in [0, 0.05) is 0 Å². The van der Waals surface area contributed by atoms with Crippen molar-refractivity contribution in [2.45, 2.75) is 19.4 Å². The Balaban J connectivity index is 2.75. The van der Waals surface area contributed by atoms with Crippen LogP contribution in [0.5, 0.6) is 0 Å². The van der Waals surface area contributed by atoms with Crippen LogP contribution in [-0.2, 0) is 4.79 Å². The number of hydrogen-bond acceptors (Lipinski definition) is 3. The van der Waals surface area contributed by atoms with Gasteiger partial charge >= 0.3 is 0 Å². The van der Waals surface area contributed by atoms with Crippen molar-refractivity contribution >= 4 is 23.3 Å². The zero-order chi connectivity index (χ0) is 10.8. The second-order valence-electron chi connectivity index (χ2n) is 3.52. The normalized spacial score (nSPS) is 11.1. The smallest absolute Gasteiger partial charge is 0.245 e. The van der Waals surface area contributed by atoms with Crippen molar-refractivity contribution in [1.29, 1.82) is 0 Å². The summed E-state index contributed by atoms with van der Waals surface area (Å²) in [4.78, 5) is 15.3. The molecule has 0 aliphatic heterocycles. The van der Waals surface area contributed by atoms with Crippen LogP contribution in [0, 0.1) is 0 Å². The Hall–Kier alpha value is -1.13. The first-order chi connectivity index (χ1) is 6.39. The number of anilines is 1. The van der Waals surface area contributed by atoms with Crippen molar-refractivity contribution in [3.8, 4) is 0 Å². The van der Waals surface area contributed by atoms with Crippen LogP contribution in [-0.4, -0.2) is 16.4 Å². The van der Waals surface area contributed by atoms with E-state index >= 15 is 0 Å². The van der Waals surface area contributed by atoms with E-state index in [4.69, 9.17) is 17.3 Å². The molecule has 0 radical (unpaired) electrons. The summed E-state index contributed by atoms with van der Waals surface area (Å²) in [5, 5.41) is 2.89. The molecule has 0 unspecified atom stereocenters. The molecular weight excluding hydrogens is 202 g/mol. The van der Waals surface area contributed by atoms with Crippen molar-refractivity contribution in [2.24, 2.45) is 5.73 Å². The highest BCUT2D eigenvalue weighted by Gasteiger charge is 2.21. The van der Waals surface area contributed by atoms with Gasteiger partial charge in [0.05, 0.1) is 5.54 Å². The molecule has 1 aromatic heterocycles. The number of halogens is 1. The van der Waals surface area contributed by atoms with Crippen LogP contribution in [0.4, 0.5) is 5.82 Å². The molecule has 0 atom stereocenters. The number of pyridine rings is 1. The molecular formula is C9H12ClN3O. The van der Waals surface area contributed by atoms with Gasteiger partial charge in [0.25, 0.3) is 0 Å². The molecule has 4 nitrogen and oxygen atoms in total. The van der Waals surface area contributed by atoms with E-state index in [1.54, 1.807) is 32.0 Å². The summed E-state index contributed by atoms with van der Waals surface area (Å²) in [6, 6.07) is 4.98. The third kappa shape index (κ3) is 2.97. The van der Waals surface area contributed by atoms with Gasteiger partial charge in [-0.3, -0.25) is 4.79 Å². The van der Waals surface area contributed by atoms with E-state index in [0.717, 1.165) is 0 Å². The van der Waals surface area contributed by atoms with Gasteiger partial charge in [-0.2, -0.15) is 0 Å². The van der Waals surface area contributed by atoms with E-state index in [0.29, 0.717) is 11.0 Å². The molecule has 0 saturated heterocycles. The molecule has 5 heteroatoms. The monoisotopic (exact) mass is 213 g/mol. The molecule has 0 aliphatic carbocycles. The molecule has 14 heavy (non-hydrogen) atoms. The van der Waals surface area contributed by atoms with E-state index in [-0.39, 0.29) is 5.91 Å². The van der Waals surface area contributed by atoms with Crippen LogP contribution in [0.2, 0.25) is 5.15 Å². The first-order valence-corrected chi connectivity index (χ1v) is 4.50. The van der Waals surface area contributed by atoms with Gasteiger partial charge in [-0.15, -0.1) is 0 Å². The number of nitrogens with one attached hydrogen (secondary N) is 1. The van der Waals surface area contributed by atoms with Crippen molar-refractivity contribution in [3.63, 3.8) is 0 Å². The highest BCUT2D eigenvalue weighted by atomic mass is 35.5. The molecule has 3 N–H and O–H groups in total. The molecule has 1 rings (SSSR count). The lowest BCUT2D eigenvalue weighted by Gasteiger charge is -2.17. The number of nitrogens with two attached hydrogens (primary N) is 1. The van der Waals surface area contributed by atoms with Crippen LogP contribution < -0.4 is 11.1 Å². The summed E-state index contributed by atoms with van der Waals surface area (Å²) in [5.41, 5.74) is 4.67. The maximum Gasteiger partial charge on any atom is 0.245 e. The highest BCUT2D eigenvalue weighted by molar-refractivity contribution is 6.29. The van der Waals surface area contributed by atoms with Gasteiger partial charge in [-0.1, -0.05) is 17.7 Å². The lowest BCUT2D eigenvalue weighted by atomic mass is 10.1. The standard InChI is InChI=1S/C9H12ClN3O/c1-9(2,11)8(14)13-7-5-3-4-6(10)12-7/h3-5H,11H2,1-2H3,(H,12,13,14). The SMILES string of the molecule is CC(C)(N)C(=O)Nc1cccc(Cl)n1. The first-order valence-electron chi connectivity index (χ1n) is 4.12. The van der Waals surface area contributed by atoms with E-state index in [2.05, 4.69) is 10.3 Å². The molecule has 76 valence electrons. The van der Waals surface area contributed by atoms with E-state index in [9.17, 15) is 4.79 Å². The Morgan fingerprint density at radius 2 is 2.21 bits per heavy atom. The first kappa shape index (κ1) is 10.9. The molecule has 1 aromatic rings. The lowest BCUT2D eigenvalue weighted by molar-refractivity contribution is -0.120. The molecule has 0 aliphatic rings. The minimum atomic E-state index is -0.927. The quantitative estimate of drug-likeness (QED) is 0.730. The fourth-order valence-electron chi connectivity index (χ4n) is 0.755. The van der Waals surface area contributed by atoms with Crippen molar-refractivity contribution in [1.82, 2.24) is 4.98 Å². The second-order valence-corrected chi connectivity index (χ2v) is 3.91. The minimum absolute atomic E-state index is 0.299. The topological polar surface area (TPSA) is 68.0 Å². The van der Waals surface area contributed by atoms with Gasteiger partial charge < -0.3 is 11.1 Å². The highest BCUT2D eigenvalue weighted by Crippen LogP contribution is 2.10. The molecule has 1 amide bonds. The summed E-state index contributed by atoms with van der Waals surface area (Å²) in [7, 11) is 0. The van der Waals surface area contributed by atoms with Gasteiger partial charge in [0.2, 0.25) is 5.91 Å². The minimum Gasteiger partial charge on any atom is -0.318 e. The summed E-state index contributed by atoms with van der Waals surface area (Å²) in [5.74, 6) is 0.105. The number of carbonyl (C=O) groups excluding carboxylic acids is 1. The van der Waals surface area contributed by atoms with E-state index in [1.807, 2.05) is 0 Å². The van der Waals surface area contributed by atoms with Gasteiger partial charge in [-0.25, -0.2) is 4.98 Å². The van der Waals surface area contributed by atoms with Crippen LogP contribution >= 0.6 is 11.6 Å². The summed E-state index contributed by atoms with van der Waals surface area (Å²) in [6.07, 6.45) is 0. The maximum atomic E-state index is 11.4. The van der Waals surface area contributed by atoms with E-state index < -0.39 is 5.54 Å². The third-order valence-electron chi connectivity index (χ3n) is 1.54. The number of aromatic nitrogens is 1. The number of hydrogen-bond donors (Lipinski definition) is 2. The Morgan fingerprint density at radius 3 is 2.71 bits per heavy atom. The Bertz CT molecular complexity index is 346. The molecule has 0 saturated carbocycles. The fourth-order valence-corrected chi connectivity index (χ4v) is 0.919. The van der Waals surface area contributed by atoms with Gasteiger partial charge in [0.15, 0.2) is 0 Å². The van der Waals surface area contributed by atoms with E-state index in [1.165, 1.54) is 0 Å². The maximum absolute atomic E-state index is 11.4. The second kappa shape index (κ2) is 3.94. The average molecular weight is 214 g/mol. The molecule has 1 heterocycles. The summed E-state index contributed by atoms with van der Waals surface area (Å²) >= 11 is 5.65. The molecule has 0 bridgehead atoms. The molecule has 0 spiro atoms. The summed E-state index contributed by atoms with van der Waals surface area (Å²) < 4.78 is 0. The van der Waals surface area contributed by atoms with Crippen molar-refractivity contribution in [3.05, 3.63) is 23.4 Å². The predicted molar refractivity (Wildman–Crippen MR) is 56.1 cm³/mol. The Labute approximate surface area is 87.5 Å². The largest absolute Gasteiger partial charge is 0.318 e. The number of amides is 1. The molecule has 0 fully saturated rings. The Morgan fingerprint density at radius 1 is 1.57 bits per heavy atom. The van der Waals surface area contributed by atoms with Gasteiger partial charge in [0.1, 0.15) is 11.0 Å². The zero-order valence-electron chi connectivity index (χ0n) is 8.04. The van der Waals surface area contributed by atoms with Crippen molar-refractivity contribution in [2.75, 3.05) is 5.32 Å². The average Bonchev–Trinajstić information content (AvgIpc) is 2.02. The van der Waals surface area contributed by atoms with Crippen LogP contribution in [0.15, 0.2) is 18.2 Å². The van der Waals surface area contributed by atoms with Crippen molar-refractivity contribution < 1.29 is 4.79 Å². The summed E-state index contributed by atoms with van der Waals surface area (Å²) in [6.45, 7) is 3.24. The fraction of sp³-hybridized carbons (Fsp3) is 0.333. The lowest BCUT2D eigenvalue weighted by Crippen LogP contribution is -2.45. The number of carbonyl (C=O) groups is 1. The number of rotatable bonds is 2. The van der Waals surface area contributed by atoms with Crippen LogP contribution in [0.25, 0.3) is 0 Å². The van der Waals surface area contributed by atoms with Gasteiger partial charge in [-0.05, 0) is 26.0 Å². The molecule has 0 aromatic carbocycles. The zero-order valence-corrected chi connectivity index (χ0v) is 8.80.